The van der Waals surface area contributed by atoms with Crippen LogP contribution in [-0.2, 0) is 10.0 Å². The first-order valence-electron chi connectivity index (χ1n) is 4.58. The van der Waals surface area contributed by atoms with Crippen molar-refractivity contribution in [2.75, 3.05) is 10.5 Å². The molecule has 0 fully saturated rings. The van der Waals surface area contributed by atoms with Gasteiger partial charge in [0.2, 0.25) is 0 Å². The molecule has 1 aromatic carbocycles. The Balaban J connectivity index is 2.43. The van der Waals surface area contributed by atoms with Crippen LogP contribution in [0.15, 0.2) is 33.1 Å². The zero-order chi connectivity index (χ0) is 13.3. The quantitative estimate of drug-likeness (QED) is 0.816. The molecule has 0 amide bonds. The van der Waals surface area contributed by atoms with E-state index in [1.54, 1.807) is 6.07 Å². The number of anilines is 2. The summed E-state index contributed by atoms with van der Waals surface area (Å²) in [4.78, 5) is 3.74. The lowest BCUT2D eigenvalue weighted by atomic mass is 10.3. The van der Waals surface area contributed by atoms with Gasteiger partial charge in [0, 0.05) is 0 Å². The third kappa shape index (κ3) is 2.77. The average Bonchev–Trinajstić information content (AvgIpc) is 2.62. The van der Waals surface area contributed by atoms with E-state index in [2.05, 4.69) is 25.6 Å². The Morgan fingerprint density at radius 2 is 2.17 bits per heavy atom. The second-order valence-electron chi connectivity index (χ2n) is 3.23. The normalized spacial score (nSPS) is 11.4. The molecule has 2 rings (SSSR count). The van der Waals surface area contributed by atoms with Crippen molar-refractivity contribution in [3.63, 3.8) is 0 Å². The van der Waals surface area contributed by atoms with Crippen LogP contribution in [0, 0.1) is 0 Å². The Morgan fingerprint density at radius 3 is 2.72 bits per heavy atom. The predicted molar refractivity (Wildman–Crippen MR) is 76.5 cm³/mol. The molecule has 0 bridgehead atoms. The Bertz CT molecular complexity index is 667. The zero-order valence-corrected chi connectivity index (χ0v) is 12.7. The fourth-order valence-corrected chi connectivity index (χ4v) is 4.30. The van der Waals surface area contributed by atoms with Crippen LogP contribution in [0.5, 0.6) is 0 Å². The van der Waals surface area contributed by atoms with Crippen LogP contribution in [0.1, 0.15) is 0 Å². The van der Waals surface area contributed by atoms with E-state index in [0.717, 1.165) is 11.3 Å². The number of nitrogens with one attached hydrogen (secondary N) is 1. The predicted octanol–water partition coefficient (Wildman–Crippen LogP) is 2.94. The first-order chi connectivity index (χ1) is 8.40. The van der Waals surface area contributed by atoms with Gasteiger partial charge in [0.15, 0.2) is 5.13 Å². The van der Waals surface area contributed by atoms with E-state index < -0.39 is 10.0 Å². The van der Waals surface area contributed by atoms with Crippen molar-refractivity contribution < 1.29 is 8.42 Å². The lowest BCUT2D eigenvalue weighted by Crippen LogP contribution is -2.15. The number of nitrogen functional groups attached to an aromatic ring is 1. The summed E-state index contributed by atoms with van der Waals surface area (Å²) < 4.78 is 27.3. The highest BCUT2D eigenvalue weighted by Gasteiger charge is 2.22. The molecule has 0 unspecified atom stereocenters. The van der Waals surface area contributed by atoms with Gasteiger partial charge in [0.05, 0.1) is 20.7 Å². The highest BCUT2D eigenvalue weighted by molar-refractivity contribution is 9.11. The van der Waals surface area contributed by atoms with Crippen LogP contribution >= 0.6 is 38.9 Å². The fourth-order valence-electron chi connectivity index (χ4n) is 1.28. The highest BCUT2D eigenvalue weighted by Crippen LogP contribution is 2.30. The number of halogens is 2. The van der Waals surface area contributed by atoms with Gasteiger partial charge in [-0.25, -0.2) is 13.4 Å². The maximum atomic E-state index is 12.1. The van der Waals surface area contributed by atoms with Crippen LogP contribution in [0.2, 0.25) is 5.02 Å². The Hall–Kier alpha value is -0.830. The lowest BCUT2D eigenvalue weighted by Gasteiger charge is -2.09. The van der Waals surface area contributed by atoms with E-state index in [4.69, 9.17) is 17.3 Å². The van der Waals surface area contributed by atoms with E-state index in [9.17, 15) is 8.42 Å². The topological polar surface area (TPSA) is 85.1 Å². The molecule has 0 radical (unpaired) electrons. The van der Waals surface area contributed by atoms with Gasteiger partial charge in [0.1, 0.15) is 4.90 Å². The summed E-state index contributed by atoms with van der Waals surface area (Å²) >= 11 is 10.2. The molecule has 18 heavy (non-hydrogen) atoms. The Kier molecular flexibility index (Phi) is 3.81. The van der Waals surface area contributed by atoms with E-state index in [1.807, 2.05) is 0 Å². The summed E-state index contributed by atoms with van der Waals surface area (Å²) in [5.74, 6) is 0. The molecule has 96 valence electrons. The molecule has 0 spiro atoms. The monoisotopic (exact) mass is 367 g/mol. The molecule has 9 heteroatoms. The van der Waals surface area contributed by atoms with Crippen molar-refractivity contribution in [3.8, 4) is 0 Å². The molecule has 1 heterocycles. The summed E-state index contributed by atoms with van der Waals surface area (Å²) in [6.45, 7) is 0. The van der Waals surface area contributed by atoms with Crippen molar-refractivity contribution in [2.45, 2.75) is 4.90 Å². The minimum Gasteiger partial charge on any atom is -0.398 e. The third-order valence-electron chi connectivity index (χ3n) is 1.97. The molecule has 2 aromatic rings. The van der Waals surface area contributed by atoms with Crippen LogP contribution in [0.3, 0.4) is 0 Å². The maximum absolute atomic E-state index is 12.1. The van der Waals surface area contributed by atoms with Gasteiger partial charge in [-0.05, 0) is 28.1 Å². The molecule has 3 N–H and O–H groups in total. The van der Waals surface area contributed by atoms with Crippen LogP contribution in [0.4, 0.5) is 10.8 Å². The number of rotatable bonds is 3. The number of thiazole rings is 1. The molecule has 0 atom stereocenters. The molecule has 0 aliphatic rings. The summed E-state index contributed by atoms with van der Waals surface area (Å²) in [6, 6.07) is 4.51. The van der Waals surface area contributed by atoms with Crippen molar-refractivity contribution in [2.24, 2.45) is 0 Å². The average molecular weight is 369 g/mol. The van der Waals surface area contributed by atoms with Gasteiger partial charge in [-0.3, -0.25) is 4.72 Å². The number of sulfonamides is 1. The first-order valence-corrected chi connectivity index (χ1v) is 8.05. The van der Waals surface area contributed by atoms with Crippen molar-refractivity contribution in [1.82, 2.24) is 4.98 Å². The largest absolute Gasteiger partial charge is 0.398 e. The van der Waals surface area contributed by atoms with Crippen molar-refractivity contribution in [3.05, 3.63) is 33.2 Å². The second-order valence-corrected chi connectivity index (χ2v) is 7.67. The minimum atomic E-state index is -3.84. The molecule has 0 aliphatic heterocycles. The molecule has 0 saturated carbocycles. The first kappa shape index (κ1) is 13.6. The number of nitrogens with two attached hydrogens (primary N) is 1. The van der Waals surface area contributed by atoms with Crippen LogP contribution in [-0.4, -0.2) is 13.4 Å². The number of hydrogen-bond acceptors (Lipinski definition) is 5. The van der Waals surface area contributed by atoms with Gasteiger partial charge >= 0.3 is 0 Å². The SMILES string of the molecule is Nc1cccc(Cl)c1S(=O)(=O)Nc1ncc(Br)s1. The fraction of sp³-hybridized carbons (Fsp3) is 0. The standard InChI is InChI=1S/C9H7BrClN3O2S2/c10-7-4-13-9(17-7)14-18(15,16)8-5(11)2-1-3-6(8)12/h1-4H,12H2,(H,13,14). The molecule has 0 saturated heterocycles. The third-order valence-corrected chi connectivity index (χ3v) is 5.37. The Labute approximate surface area is 121 Å². The second kappa shape index (κ2) is 5.04. The van der Waals surface area contributed by atoms with Crippen molar-refractivity contribution >= 4 is 59.7 Å². The highest BCUT2D eigenvalue weighted by atomic mass is 79.9. The summed E-state index contributed by atoms with van der Waals surface area (Å²) in [7, 11) is -3.84. The number of hydrogen-bond donors (Lipinski definition) is 2. The van der Waals surface area contributed by atoms with Gasteiger partial charge < -0.3 is 5.73 Å². The lowest BCUT2D eigenvalue weighted by molar-refractivity contribution is 0.601. The molecular weight excluding hydrogens is 362 g/mol. The summed E-state index contributed by atoms with van der Waals surface area (Å²) in [5, 5.41) is 0.305. The molecular formula is C9H7BrClN3O2S2. The maximum Gasteiger partial charge on any atom is 0.267 e. The van der Waals surface area contributed by atoms with Crippen LogP contribution < -0.4 is 10.5 Å². The number of nitrogens with zero attached hydrogens (tertiary/aromatic N) is 1. The van der Waals surface area contributed by atoms with Gasteiger partial charge in [-0.15, -0.1) is 0 Å². The van der Waals surface area contributed by atoms with Gasteiger partial charge in [-0.1, -0.05) is 29.0 Å². The Morgan fingerprint density at radius 1 is 1.44 bits per heavy atom. The number of benzene rings is 1. The molecule has 1 aromatic heterocycles. The summed E-state index contributed by atoms with van der Waals surface area (Å²) in [6.07, 6.45) is 1.50. The molecule has 0 aliphatic carbocycles. The number of aromatic nitrogens is 1. The van der Waals surface area contributed by atoms with E-state index in [0.29, 0.717) is 3.79 Å². The van der Waals surface area contributed by atoms with Gasteiger partial charge in [-0.2, -0.15) is 0 Å². The van der Waals surface area contributed by atoms with E-state index in [1.165, 1.54) is 18.3 Å². The minimum absolute atomic E-state index is 0.0677. The smallest absolute Gasteiger partial charge is 0.267 e. The van der Waals surface area contributed by atoms with Crippen molar-refractivity contribution in [1.29, 1.82) is 0 Å². The van der Waals surface area contributed by atoms with E-state index >= 15 is 0 Å². The van der Waals surface area contributed by atoms with Gasteiger partial charge in [0.25, 0.3) is 10.0 Å². The van der Waals surface area contributed by atoms with Crippen LogP contribution in [0.25, 0.3) is 0 Å². The molecule has 5 nitrogen and oxygen atoms in total. The zero-order valence-electron chi connectivity index (χ0n) is 8.72. The summed E-state index contributed by atoms with van der Waals surface area (Å²) in [5.41, 5.74) is 5.73. The van der Waals surface area contributed by atoms with E-state index in [-0.39, 0.29) is 20.7 Å².